The smallest absolute Gasteiger partial charge is 0.406 e. The van der Waals surface area contributed by atoms with E-state index in [0.717, 1.165) is 17.8 Å². The van der Waals surface area contributed by atoms with Crippen molar-refractivity contribution in [2.24, 2.45) is 0 Å². The third-order valence-corrected chi connectivity index (χ3v) is 3.99. The number of fused-ring (bicyclic) bond motifs is 1. The van der Waals surface area contributed by atoms with Gasteiger partial charge in [-0.2, -0.15) is 0 Å². The maximum atomic E-state index is 12.7. The first-order valence-electron chi connectivity index (χ1n) is 8.36. The molecule has 6 nitrogen and oxygen atoms in total. The fraction of sp³-hybridized carbons (Fsp3) is 0.211. The zero-order chi connectivity index (χ0) is 20.5. The largest absolute Gasteiger partial charge is 0.573 e. The predicted molar refractivity (Wildman–Crippen MR) is 97.5 cm³/mol. The molecule has 3 aromatic rings. The minimum atomic E-state index is -4.80. The fourth-order valence-electron chi connectivity index (χ4n) is 2.70. The van der Waals surface area contributed by atoms with Crippen LogP contribution in [-0.4, -0.2) is 21.8 Å². The molecule has 0 aliphatic heterocycles. The van der Waals surface area contributed by atoms with Crippen LogP contribution < -0.4 is 15.5 Å². The molecule has 0 bridgehead atoms. The van der Waals surface area contributed by atoms with Crippen LogP contribution in [0.1, 0.15) is 23.0 Å². The van der Waals surface area contributed by atoms with Gasteiger partial charge in [-0.1, -0.05) is 0 Å². The summed E-state index contributed by atoms with van der Waals surface area (Å²) in [5.74, 6) is -1.08. The number of anilines is 1. The van der Waals surface area contributed by atoms with Gasteiger partial charge >= 0.3 is 6.36 Å². The molecule has 0 saturated carbocycles. The van der Waals surface area contributed by atoms with Gasteiger partial charge in [-0.25, -0.2) is 4.98 Å². The Hall–Kier alpha value is -3.36. The second-order valence-corrected chi connectivity index (χ2v) is 6.01. The number of amides is 1. The zero-order valence-electron chi connectivity index (χ0n) is 15.0. The van der Waals surface area contributed by atoms with E-state index >= 15 is 0 Å². The number of carbonyl (C=O) groups excluding carboxylic acids is 1. The molecule has 0 aliphatic rings. The van der Waals surface area contributed by atoms with Crippen molar-refractivity contribution in [1.29, 1.82) is 0 Å². The van der Waals surface area contributed by atoms with Gasteiger partial charge in [-0.3, -0.25) is 9.59 Å². The van der Waals surface area contributed by atoms with Crippen LogP contribution in [0.3, 0.4) is 0 Å². The zero-order valence-corrected chi connectivity index (χ0v) is 15.0. The van der Waals surface area contributed by atoms with Crippen molar-refractivity contribution in [3.63, 3.8) is 0 Å². The Morgan fingerprint density at radius 3 is 2.46 bits per heavy atom. The van der Waals surface area contributed by atoms with Gasteiger partial charge in [0, 0.05) is 24.1 Å². The first-order valence-corrected chi connectivity index (χ1v) is 8.36. The Balaban J connectivity index is 1.90. The summed E-state index contributed by atoms with van der Waals surface area (Å²) in [5.41, 5.74) is 0.895. The molecule has 0 fully saturated rings. The summed E-state index contributed by atoms with van der Waals surface area (Å²) in [5, 5.41) is 2.82. The van der Waals surface area contributed by atoms with Crippen LogP contribution in [0.2, 0.25) is 0 Å². The van der Waals surface area contributed by atoms with E-state index in [1.165, 1.54) is 18.3 Å². The lowest BCUT2D eigenvalue weighted by atomic mass is 10.1. The molecule has 0 saturated heterocycles. The van der Waals surface area contributed by atoms with E-state index in [1.807, 2.05) is 6.92 Å². The van der Waals surface area contributed by atoms with Gasteiger partial charge in [-0.15, -0.1) is 13.2 Å². The molecule has 146 valence electrons. The number of halogens is 3. The van der Waals surface area contributed by atoms with Crippen LogP contribution in [-0.2, 0) is 6.54 Å². The van der Waals surface area contributed by atoms with Crippen LogP contribution in [0, 0.1) is 6.92 Å². The molecule has 0 spiro atoms. The van der Waals surface area contributed by atoms with E-state index in [-0.39, 0.29) is 11.3 Å². The van der Waals surface area contributed by atoms with E-state index < -0.39 is 23.4 Å². The highest BCUT2D eigenvalue weighted by Crippen LogP contribution is 2.24. The van der Waals surface area contributed by atoms with Gasteiger partial charge in [0.25, 0.3) is 5.91 Å². The number of pyridine rings is 2. The summed E-state index contributed by atoms with van der Waals surface area (Å²) in [6.07, 6.45) is -3.37. The average Bonchev–Trinajstić information content (AvgIpc) is 2.62. The normalized spacial score (nSPS) is 11.5. The van der Waals surface area contributed by atoms with E-state index in [2.05, 4.69) is 15.0 Å². The summed E-state index contributed by atoms with van der Waals surface area (Å²) in [4.78, 5) is 29.6. The topological polar surface area (TPSA) is 73.2 Å². The number of nitrogens with zero attached hydrogens (tertiary/aromatic N) is 2. The Morgan fingerprint density at radius 2 is 1.86 bits per heavy atom. The molecule has 1 amide bonds. The number of alkyl halides is 3. The van der Waals surface area contributed by atoms with E-state index in [4.69, 9.17) is 0 Å². The number of rotatable bonds is 4. The van der Waals surface area contributed by atoms with E-state index in [1.54, 1.807) is 23.6 Å². The lowest BCUT2D eigenvalue weighted by Gasteiger charge is -2.12. The minimum absolute atomic E-state index is 0.0874. The molecular weight excluding hydrogens is 375 g/mol. The van der Waals surface area contributed by atoms with Crippen molar-refractivity contribution < 1.29 is 22.7 Å². The maximum absolute atomic E-state index is 12.7. The number of benzene rings is 1. The highest BCUT2D eigenvalue weighted by atomic mass is 19.4. The van der Waals surface area contributed by atoms with Gasteiger partial charge in [0.05, 0.1) is 5.39 Å². The molecule has 0 aliphatic carbocycles. The first-order chi connectivity index (χ1) is 13.2. The van der Waals surface area contributed by atoms with Crippen LogP contribution in [0.4, 0.5) is 18.9 Å². The number of aryl methyl sites for hydroxylation is 2. The first kappa shape index (κ1) is 19.4. The number of nitrogens with one attached hydrogen (secondary N) is 1. The number of hydrogen-bond donors (Lipinski definition) is 1. The predicted octanol–water partition coefficient (Wildman–Crippen LogP) is 3.88. The van der Waals surface area contributed by atoms with Crippen molar-refractivity contribution in [3.8, 4) is 5.75 Å². The van der Waals surface area contributed by atoms with Crippen molar-refractivity contribution in [3.05, 3.63) is 64.1 Å². The third kappa shape index (κ3) is 4.13. The van der Waals surface area contributed by atoms with Crippen molar-refractivity contribution in [2.45, 2.75) is 26.8 Å². The molecular formula is C19H16F3N3O3. The number of hydrogen-bond acceptors (Lipinski definition) is 4. The van der Waals surface area contributed by atoms with E-state index in [9.17, 15) is 22.8 Å². The average molecular weight is 391 g/mol. The van der Waals surface area contributed by atoms with Crippen LogP contribution in [0.25, 0.3) is 11.0 Å². The second-order valence-electron chi connectivity index (χ2n) is 6.01. The van der Waals surface area contributed by atoms with E-state index in [0.29, 0.717) is 17.6 Å². The van der Waals surface area contributed by atoms with Gasteiger partial charge < -0.3 is 14.6 Å². The van der Waals surface area contributed by atoms with Gasteiger partial charge in [0.1, 0.15) is 17.0 Å². The lowest BCUT2D eigenvalue weighted by Crippen LogP contribution is -2.24. The third-order valence-electron chi connectivity index (χ3n) is 3.99. The Labute approximate surface area is 157 Å². The Bertz CT molecular complexity index is 1090. The lowest BCUT2D eigenvalue weighted by molar-refractivity contribution is -0.274. The van der Waals surface area contributed by atoms with Gasteiger partial charge in [-0.05, 0) is 50.2 Å². The molecule has 0 unspecified atom stereocenters. The molecule has 2 aromatic heterocycles. The maximum Gasteiger partial charge on any atom is 0.573 e. The highest BCUT2D eigenvalue weighted by Gasteiger charge is 2.31. The van der Waals surface area contributed by atoms with Crippen LogP contribution >= 0.6 is 0 Å². The summed E-state index contributed by atoms with van der Waals surface area (Å²) < 4.78 is 42.1. The minimum Gasteiger partial charge on any atom is -0.406 e. The van der Waals surface area contributed by atoms with Crippen molar-refractivity contribution in [2.75, 3.05) is 5.32 Å². The molecule has 9 heteroatoms. The fourth-order valence-corrected chi connectivity index (χ4v) is 2.70. The molecule has 28 heavy (non-hydrogen) atoms. The molecule has 0 radical (unpaired) electrons. The Morgan fingerprint density at radius 1 is 1.18 bits per heavy atom. The van der Waals surface area contributed by atoms with Crippen molar-refractivity contribution in [1.82, 2.24) is 9.55 Å². The monoisotopic (exact) mass is 391 g/mol. The van der Waals surface area contributed by atoms with Crippen LogP contribution in [0.5, 0.6) is 5.75 Å². The summed E-state index contributed by atoms with van der Waals surface area (Å²) >= 11 is 0. The summed E-state index contributed by atoms with van der Waals surface area (Å²) in [6.45, 7) is 4.16. The molecule has 2 heterocycles. The highest BCUT2D eigenvalue weighted by molar-refractivity contribution is 6.05. The Kier molecular flexibility index (Phi) is 5.08. The number of carbonyl (C=O) groups is 1. The van der Waals surface area contributed by atoms with Gasteiger partial charge in [0.15, 0.2) is 0 Å². The van der Waals surface area contributed by atoms with Crippen molar-refractivity contribution >= 4 is 22.6 Å². The van der Waals surface area contributed by atoms with Gasteiger partial charge in [0.2, 0.25) is 5.43 Å². The molecule has 3 rings (SSSR count). The number of aromatic nitrogens is 2. The number of ether oxygens (including phenoxy) is 1. The summed E-state index contributed by atoms with van der Waals surface area (Å²) in [7, 11) is 0. The second kappa shape index (κ2) is 7.34. The standard InChI is InChI=1S/C19H16F3N3O3/c1-3-25-10-15(16(26)14-9-4-11(2)23-17(14)25)18(27)24-12-5-7-13(8-6-12)28-19(20,21)22/h4-10H,3H2,1-2H3,(H,24,27). The molecule has 0 atom stereocenters. The quantitative estimate of drug-likeness (QED) is 0.733. The molecule has 1 N–H and O–H groups in total. The van der Waals surface area contributed by atoms with Crippen LogP contribution in [0.15, 0.2) is 47.4 Å². The SMILES string of the molecule is CCn1cc(C(=O)Nc2ccc(OC(F)(F)F)cc2)c(=O)c2ccc(C)nc21. The summed E-state index contributed by atoms with van der Waals surface area (Å²) in [6, 6.07) is 7.95. The molecule has 1 aromatic carbocycles.